The summed E-state index contributed by atoms with van der Waals surface area (Å²) >= 11 is 0. The van der Waals surface area contributed by atoms with Crippen LogP contribution in [0, 0.1) is 0 Å². The minimum Gasteiger partial charge on any atom is -0.480 e. The number of alkyl carbamates (subject to hydrolysis) is 1. The molecule has 1 amide bonds. The number of rotatable bonds is 18. The van der Waals surface area contributed by atoms with E-state index in [1.54, 1.807) is 12.1 Å². The maximum atomic E-state index is 13.6. The zero-order valence-electron chi connectivity index (χ0n) is 29.9. The lowest BCUT2D eigenvalue weighted by Gasteiger charge is -2.45. The number of nitrogens with one attached hydrogen (secondary N) is 1. The van der Waals surface area contributed by atoms with Gasteiger partial charge in [0, 0.05) is 6.42 Å². The fraction of sp³-hybridized carbons (Fsp3) is 0.273. The molecule has 1 aliphatic heterocycles. The van der Waals surface area contributed by atoms with Crippen molar-refractivity contribution in [2.45, 2.75) is 69.6 Å². The van der Waals surface area contributed by atoms with Crippen LogP contribution in [-0.2, 0) is 66.1 Å². The number of carbonyl (C=O) groups is 2. The Bertz CT molecular complexity index is 1830. The molecule has 0 radical (unpaired) electrons. The van der Waals surface area contributed by atoms with E-state index in [4.69, 9.17) is 28.4 Å². The van der Waals surface area contributed by atoms with Crippen molar-refractivity contribution in [3.8, 4) is 0 Å². The first-order valence-corrected chi connectivity index (χ1v) is 18.0. The Balaban J connectivity index is 1.30. The van der Waals surface area contributed by atoms with E-state index in [-0.39, 0.29) is 32.8 Å². The first kappa shape index (κ1) is 38.4. The Morgan fingerprint density at radius 2 is 0.963 bits per heavy atom. The number of carbonyl (C=O) groups excluding carboxylic acids is 1. The van der Waals surface area contributed by atoms with Crippen LogP contribution < -0.4 is 5.32 Å². The maximum absolute atomic E-state index is 13.6. The predicted octanol–water partition coefficient (Wildman–Crippen LogP) is 7.11. The molecule has 10 heteroatoms. The highest BCUT2D eigenvalue weighted by molar-refractivity contribution is 5.80. The average Bonchev–Trinajstić information content (AvgIpc) is 3.21. The second-order valence-electron chi connectivity index (χ2n) is 13.0. The SMILES string of the molecule is O=C(N[C@@H](Cc1ccccc1)C(=O)O)O[C@H]1O[C@H](COCc2ccccc2)[C@@H](OCc2ccccc2)[C@H](OCc2ccccc2)[C@@H]1OCc1ccccc1. The lowest BCUT2D eigenvalue weighted by Crippen LogP contribution is -2.62. The summed E-state index contributed by atoms with van der Waals surface area (Å²) in [6.45, 7) is 0.969. The van der Waals surface area contributed by atoms with Crippen LogP contribution >= 0.6 is 0 Å². The molecule has 1 aliphatic rings. The molecule has 0 aliphatic carbocycles. The number of carboxylic acid groups (broad SMARTS) is 1. The first-order chi connectivity index (χ1) is 26.5. The van der Waals surface area contributed by atoms with Crippen LogP contribution in [0.2, 0.25) is 0 Å². The molecule has 5 aromatic carbocycles. The number of ether oxygens (including phenoxy) is 6. The van der Waals surface area contributed by atoms with Crippen molar-refractivity contribution in [2.75, 3.05) is 6.61 Å². The van der Waals surface area contributed by atoms with Crippen molar-refractivity contribution >= 4 is 12.1 Å². The summed E-state index contributed by atoms with van der Waals surface area (Å²) in [7, 11) is 0. The molecule has 2 N–H and O–H groups in total. The third-order valence-corrected chi connectivity index (χ3v) is 8.94. The summed E-state index contributed by atoms with van der Waals surface area (Å²) in [6, 6.07) is 46.6. The van der Waals surface area contributed by atoms with Gasteiger partial charge in [-0.25, -0.2) is 9.59 Å². The van der Waals surface area contributed by atoms with E-state index in [0.29, 0.717) is 6.61 Å². The fourth-order valence-electron chi connectivity index (χ4n) is 6.17. The lowest BCUT2D eigenvalue weighted by atomic mass is 9.97. The van der Waals surface area contributed by atoms with E-state index < -0.39 is 48.8 Å². The second-order valence-corrected chi connectivity index (χ2v) is 13.0. The van der Waals surface area contributed by atoms with Gasteiger partial charge in [0.15, 0.2) is 0 Å². The fourth-order valence-corrected chi connectivity index (χ4v) is 6.17. The molecule has 6 rings (SSSR count). The van der Waals surface area contributed by atoms with Crippen LogP contribution in [0.3, 0.4) is 0 Å². The molecule has 54 heavy (non-hydrogen) atoms. The molecule has 0 aromatic heterocycles. The van der Waals surface area contributed by atoms with Crippen molar-refractivity contribution in [2.24, 2.45) is 0 Å². The molecule has 0 saturated carbocycles. The van der Waals surface area contributed by atoms with E-state index >= 15 is 0 Å². The van der Waals surface area contributed by atoms with Gasteiger partial charge in [0.1, 0.15) is 30.5 Å². The summed E-state index contributed by atoms with van der Waals surface area (Å²) in [5.41, 5.74) is 4.46. The van der Waals surface area contributed by atoms with Gasteiger partial charge >= 0.3 is 12.1 Å². The van der Waals surface area contributed by atoms with E-state index in [2.05, 4.69) is 5.32 Å². The molecule has 5 aromatic rings. The highest BCUT2D eigenvalue weighted by atomic mass is 16.7. The van der Waals surface area contributed by atoms with Gasteiger partial charge in [-0.2, -0.15) is 0 Å². The quantitative estimate of drug-likeness (QED) is 0.0972. The Morgan fingerprint density at radius 3 is 1.43 bits per heavy atom. The number of hydrogen-bond donors (Lipinski definition) is 2. The molecule has 280 valence electrons. The molecule has 0 bridgehead atoms. The van der Waals surface area contributed by atoms with Crippen LogP contribution in [-0.4, -0.2) is 60.5 Å². The largest absolute Gasteiger partial charge is 0.480 e. The molecule has 1 fully saturated rings. The number of hydrogen-bond acceptors (Lipinski definition) is 8. The van der Waals surface area contributed by atoms with Crippen LogP contribution in [0.1, 0.15) is 27.8 Å². The summed E-state index contributed by atoms with van der Waals surface area (Å²) < 4.78 is 38.6. The van der Waals surface area contributed by atoms with E-state index in [9.17, 15) is 14.7 Å². The number of benzene rings is 5. The summed E-state index contributed by atoms with van der Waals surface area (Å²) in [6.07, 6.45) is -5.60. The van der Waals surface area contributed by atoms with Crippen molar-refractivity contribution in [1.29, 1.82) is 0 Å². The zero-order valence-corrected chi connectivity index (χ0v) is 29.9. The topological polar surface area (TPSA) is 122 Å². The van der Waals surface area contributed by atoms with E-state index in [1.165, 1.54) is 0 Å². The average molecular weight is 732 g/mol. The third kappa shape index (κ3) is 11.6. The predicted molar refractivity (Wildman–Crippen MR) is 201 cm³/mol. The number of aliphatic carboxylic acids is 1. The Hall–Kier alpha value is -5.36. The molecule has 10 nitrogen and oxygen atoms in total. The monoisotopic (exact) mass is 731 g/mol. The molecule has 6 atom stereocenters. The Morgan fingerprint density at radius 1 is 0.556 bits per heavy atom. The Kier molecular flexibility index (Phi) is 14.3. The van der Waals surface area contributed by atoms with Crippen molar-refractivity contribution in [3.05, 3.63) is 179 Å². The molecule has 1 saturated heterocycles. The number of carboxylic acids is 1. The number of amides is 1. The minimum absolute atomic E-state index is 0.0545. The van der Waals surface area contributed by atoms with Crippen LogP contribution in [0.5, 0.6) is 0 Å². The minimum atomic E-state index is -1.33. The standard InChI is InChI=1S/C44H45NO9/c46-42(47)37(26-32-16-6-1-7-17-32)45-44(48)54-43-41(52-30-36-24-14-5-15-25-36)40(51-29-35-22-12-4-13-23-35)39(50-28-34-20-10-3-11-21-34)38(53-43)31-49-27-33-18-8-2-9-19-33/h1-25,37-41,43H,26-31H2,(H,45,48)(H,46,47)/t37-,38+,39+,40-,41-,43+/m0/s1. The normalized spacial score (nSPS) is 20.1. The zero-order chi connectivity index (χ0) is 37.4. The smallest absolute Gasteiger partial charge is 0.410 e. The van der Waals surface area contributed by atoms with Gasteiger partial charge in [0.05, 0.1) is 33.0 Å². The van der Waals surface area contributed by atoms with Gasteiger partial charge in [0.25, 0.3) is 0 Å². The van der Waals surface area contributed by atoms with Gasteiger partial charge in [-0.05, 0) is 27.8 Å². The van der Waals surface area contributed by atoms with Gasteiger partial charge in [-0.1, -0.05) is 152 Å². The lowest BCUT2D eigenvalue weighted by molar-refractivity contribution is -0.315. The molecular formula is C44H45NO9. The van der Waals surface area contributed by atoms with Crippen molar-refractivity contribution in [3.63, 3.8) is 0 Å². The van der Waals surface area contributed by atoms with Gasteiger partial charge in [-0.15, -0.1) is 0 Å². The van der Waals surface area contributed by atoms with E-state index in [0.717, 1.165) is 27.8 Å². The molecule has 0 unspecified atom stereocenters. The highest BCUT2D eigenvalue weighted by Gasteiger charge is 2.50. The molecule has 1 heterocycles. The maximum Gasteiger partial charge on any atom is 0.410 e. The van der Waals surface area contributed by atoms with Crippen molar-refractivity contribution < 1.29 is 43.1 Å². The van der Waals surface area contributed by atoms with Crippen LogP contribution in [0.25, 0.3) is 0 Å². The van der Waals surface area contributed by atoms with E-state index in [1.807, 2.05) is 140 Å². The highest BCUT2D eigenvalue weighted by Crippen LogP contribution is 2.32. The molecule has 0 spiro atoms. The summed E-state index contributed by atoms with van der Waals surface area (Å²) in [4.78, 5) is 25.9. The third-order valence-electron chi connectivity index (χ3n) is 8.94. The Labute approximate surface area is 315 Å². The van der Waals surface area contributed by atoms with Gasteiger partial charge in [-0.3, -0.25) is 0 Å². The summed E-state index contributed by atoms with van der Waals surface area (Å²) in [5.74, 6) is -1.21. The first-order valence-electron chi connectivity index (χ1n) is 18.0. The van der Waals surface area contributed by atoms with Gasteiger partial charge < -0.3 is 38.8 Å². The molecular weight excluding hydrogens is 686 g/mol. The second kappa shape index (κ2) is 20.2. The van der Waals surface area contributed by atoms with Crippen molar-refractivity contribution in [1.82, 2.24) is 5.32 Å². The van der Waals surface area contributed by atoms with Crippen LogP contribution in [0.4, 0.5) is 4.79 Å². The summed E-state index contributed by atoms with van der Waals surface area (Å²) in [5, 5.41) is 12.5. The van der Waals surface area contributed by atoms with Gasteiger partial charge in [0.2, 0.25) is 6.29 Å². The van der Waals surface area contributed by atoms with Crippen LogP contribution in [0.15, 0.2) is 152 Å².